The van der Waals surface area contributed by atoms with Crippen molar-refractivity contribution < 1.29 is 14.3 Å². The smallest absolute Gasteiger partial charge is 0.251 e. The van der Waals surface area contributed by atoms with Crippen LogP contribution >= 0.6 is 11.3 Å². The van der Waals surface area contributed by atoms with E-state index in [0.29, 0.717) is 11.3 Å². The van der Waals surface area contributed by atoms with E-state index in [2.05, 4.69) is 30.5 Å². The largest absolute Gasteiger partial charge is 0.497 e. The zero-order valence-electron chi connectivity index (χ0n) is 16.8. The lowest BCUT2D eigenvalue weighted by Gasteiger charge is -2.24. The van der Waals surface area contributed by atoms with Crippen molar-refractivity contribution in [3.05, 3.63) is 51.2 Å². The number of rotatable bonds is 7. The minimum atomic E-state index is -0.609. The van der Waals surface area contributed by atoms with Gasteiger partial charge in [0.25, 0.3) is 5.91 Å². The number of thiophene rings is 1. The molecule has 6 heteroatoms. The van der Waals surface area contributed by atoms with Crippen LogP contribution in [-0.2, 0) is 4.79 Å². The van der Waals surface area contributed by atoms with Crippen LogP contribution < -0.4 is 15.4 Å². The third-order valence-corrected chi connectivity index (χ3v) is 5.47. The molecule has 0 aliphatic carbocycles. The minimum absolute atomic E-state index is 0.0373. The predicted octanol–water partition coefficient (Wildman–Crippen LogP) is 4.01. The van der Waals surface area contributed by atoms with Crippen molar-refractivity contribution in [3.8, 4) is 5.75 Å². The number of hydrogen-bond donors (Lipinski definition) is 2. The lowest BCUT2D eigenvalue weighted by molar-refractivity contribution is -0.124. The van der Waals surface area contributed by atoms with E-state index in [1.807, 2.05) is 20.8 Å². The normalized spacial score (nSPS) is 13.1. The van der Waals surface area contributed by atoms with E-state index in [0.717, 1.165) is 5.56 Å². The number of carbonyl (C=O) groups excluding carboxylic acids is 2. The Kier molecular flexibility index (Phi) is 7.02. The molecule has 1 aromatic heterocycles. The zero-order valence-corrected chi connectivity index (χ0v) is 17.6. The standard InChI is InChI=1S/C21H28N2O3S/c1-12(2)19(23-20(24)16-7-9-17(26-6)10-8-16)21(25)22-14(4)18-11-13(3)27-15(18)5/h7-12,14,19H,1-6H3,(H,22,25)(H,23,24)/t14-,19-/m1/s1. The first-order chi connectivity index (χ1) is 12.7. The van der Waals surface area contributed by atoms with Gasteiger partial charge in [-0.05, 0) is 62.6 Å². The van der Waals surface area contributed by atoms with Gasteiger partial charge < -0.3 is 15.4 Å². The molecule has 0 unspecified atom stereocenters. The summed E-state index contributed by atoms with van der Waals surface area (Å²) in [4.78, 5) is 27.8. The van der Waals surface area contributed by atoms with Crippen LogP contribution in [0.2, 0.25) is 0 Å². The lowest BCUT2D eigenvalue weighted by Crippen LogP contribution is -2.50. The van der Waals surface area contributed by atoms with Crippen LogP contribution in [-0.4, -0.2) is 25.0 Å². The summed E-state index contributed by atoms with van der Waals surface area (Å²) in [5.41, 5.74) is 1.61. The summed E-state index contributed by atoms with van der Waals surface area (Å²) in [7, 11) is 1.58. The number of amides is 2. The van der Waals surface area contributed by atoms with Crippen molar-refractivity contribution in [1.82, 2.24) is 10.6 Å². The molecule has 0 aliphatic rings. The van der Waals surface area contributed by atoms with Crippen LogP contribution in [0.25, 0.3) is 0 Å². The SMILES string of the molecule is COc1ccc(C(=O)N[C@@H](C(=O)N[C@H](C)c2cc(C)sc2C)C(C)C)cc1. The van der Waals surface area contributed by atoms with Gasteiger partial charge in [0.15, 0.2) is 0 Å². The van der Waals surface area contributed by atoms with Gasteiger partial charge in [0.05, 0.1) is 13.2 Å². The Hall–Kier alpha value is -2.34. The Morgan fingerprint density at radius 1 is 1.04 bits per heavy atom. The van der Waals surface area contributed by atoms with E-state index in [1.54, 1.807) is 42.7 Å². The van der Waals surface area contributed by atoms with Gasteiger partial charge in [-0.15, -0.1) is 11.3 Å². The molecule has 2 rings (SSSR count). The van der Waals surface area contributed by atoms with E-state index in [1.165, 1.54) is 9.75 Å². The maximum Gasteiger partial charge on any atom is 0.251 e. The molecule has 27 heavy (non-hydrogen) atoms. The Labute approximate surface area is 165 Å². The third-order valence-electron chi connectivity index (χ3n) is 4.49. The quantitative estimate of drug-likeness (QED) is 0.753. The van der Waals surface area contributed by atoms with Crippen molar-refractivity contribution in [1.29, 1.82) is 0 Å². The highest BCUT2D eigenvalue weighted by molar-refractivity contribution is 7.12. The topological polar surface area (TPSA) is 67.4 Å². The van der Waals surface area contributed by atoms with Crippen LogP contribution in [0.15, 0.2) is 30.3 Å². The molecule has 1 aromatic carbocycles. The van der Waals surface area contributed by atoms with Crippen LogP contribution in [0.5, 0.6) is 5.75 Å². The first-order valence-electron chi connectivity index (χ1n) is 9.05. The lowest BCUT2D eigenvalue weighted by atomic mass is 10.0. The maximum atomic E-state index is 12.8. The Morgan fingerprint density at radius 2 is 1.67 bits per heavy atom. The van der Waals surface area contributed by atoms with Crippen molar-refractivity contribution in [2.45, 2.75) is 46.7 Å². The average Bonchev–Trinajstić information content (AvgIpc) is 2.97. The number of aryl methyl sites for hydroxylation is 2. The first kappa shape index (κ1) is 21.0. The van der Waals surface area contributed by atoms with E-state index < -0.39 is 6.04 Å². The van der Waals surface area contributed by atoms with Crippen LogP contribution in [0.3, 0.4) is 0 Å². The summed E-state index contributed by atoms with van der Waals surface area (Å²) in [6.45, 7) is 9.92. The first-order valence-corrected chi connectivity index (χ1v) is 9.86. The second kappa shape index (κ2) is 9.04. The van der Waals surface area contributed by atoms with Gasteiger partial charge in [-0.2, -0.15) is 0 Å². The van der Waals surface area contributed by atoms with E-state index in [9.17, 15) is 9.59 Å². The van der Waals surface area contributed by atoms with E-state index >= 15 is 0 Å². The highest BCUT2D eigenvalue weighted by atomic mass is 32.1. The van der Waals surface area contributed by atoms with Gasteiger partial charge in [-0.3, -0.25) is 9.59 Å². The summed E-state index contributed by atoms with van der Waals surface area (Å²) in [5.74, 6) is 0.189. The zero-order chi connectivity index (χ0) is 20.1. The molecule has 2 aromatic rings. The molecule has 0 fully saturated rings. The number of nitrogens with one attached hydrogen (secondary N) is 2. The maximum absolute atomic E-state index is 12.8. The Morgan fingerprint density at radius 3 is 2.15 bits per heavy atom. The second-order valence-corrected chi connectivity index (χ2v) is 8.48. The summed E-state index contributed by atoms with van der Waals surface area (Å²) in [6.07, 6.45) is 0. The number of hydrogen-bond acceptors (Lipinski definition) is 4. The number of carbonyl (C=O) groups is 2. The fourth-order valence-corrected chi connectivity index (χ4v) is 3.99. The Bertz CT molecular complexity index is 796. The predicted molar refractivity (Wildman–Crippen MR) is 109 cm³/mol. The fraction of sp³-hybridized carbons (Fsp3) is 0.429. The van der Waals surface area contributed by atoms with Gasteiger partial charge in [0, 0.05) is 15.3 Å². The van der Waals surface area contributed by atoms with Crippen molar-refractivity contribution in [2.24, 2.45) is 5.92 Å². The van der Waals surface area contributed by atoms with E-state index in [-0.39, 0.29) is 23.8 Å². The highest BCUT2D eigenvalue weighted by Gasteiger charge is 2.26. The summed E-state index contributed by atoms with van der Waals surface area (Å²) in [6, 6.07) is 8.20. The van der Waals surface area contributed by atoms with Crippen molar-refractivity contribution in [2.75, 3.05) is 7.11 Å². The highest BCUT2D eigenvalue weighted by Crippen LogP contribution is 2.26. The number of benzene rings is 1. The number of methoxy groups -OCH3 is 1. The molecule has 2 atom stereocenters. The summed E-state index contributed by atoms with van der Waals surface area (Å²) >= 11 is 1.72. The number of ether oxygens (including phenoxy) is 1. The van der Waals surface area contributed by atoms with Crippen LogP contribution in [0.4, 0.5) is 0 Å². The molecule has 0 saturated heterocycles. The van der Waals surface area contributed by atoms with Gasteiger partial charge in [-0.25, -0.2) is 0 Å². The minimum Gasteiger partial charge on any atom is -0.497 e. The van der Waals surface area contributed by atoms with Crippen molar-refractivity contribution >= 4 is 23.2 Å². The molecule has 1 heterocycles. The van der Waals surface area contributed by atoms with E-state index in [4.69, 9.17) is 4.74 Å². The Balaban J connectivity index is 2.07. The molecule has 2 N–H and O–H groups in total. The molecule has 0 saturated carbocycles. The monoisotopic (exact) mass is 388 g/mol. The van der Waals surface area contributed by atoms with Gasteiger partial charge in [0.1, 0.15) is 11.8 Å². The summed E-state index contributed by atoms with van der Waals surface area (Å²) in [5, 5.41) is 5.90. The second-order valence-electron chi connectivity index (χ2n) is 7.02. The van der Waals surface area contributed by atoms with Crippen LogP contribution in [0.1, 0.15) is 52.5 Å². The summed E-state index contributed by atoms with van der Waals surface area (Å²) < 4.78 is 5.11. The molecule has 0 aliphatic heterocycles. The molecule has 0 radical (unpaired) electrons. The molecular formula is C21H28N2O3S. The molecule has 146 valence electrons. The van der Waals surface area contributed by atoms with Gasteiger partial charge in [0.2, 0.25) is 5.91 Å². The molecule has 2 amide bonds. The third kappa shape index (κ3) is 5.32. The average molecular weight is 389 g/mol. The molecular weight excluding hydrogens is 360 g/mol. The van der Waals surface area contributed by atoms with Crippen molar-refractivity contribution in [3.63, 3.8) is 0 Å². The van der Waals surface area contributed by atoms with Gasteiger partial charge in [-0.1, -0.05) is 13.8 Å². The molecule has 0 spiro atoms. The van der Waals surface area contributed by atoms with Gasteiger partial charge >= 0.3 is 0 Å². The fourth-order valence-electron chi connectivity index (χ4n) is 2.96. The molecule has 0 bridgehead atoms. The molecule has 5 nitrogen and oxygen atoms in total. The van der Waals surface area contributed by atoms with Crippen LogP contribution in [0, 0.1) is 19.8 Å².